The molecular weight excluding hydrogens is 352 g/mol. The Morgan fingerprint density at radius 1 is 1.07 bits per heavy atom. The number of thiophene rings is 1. The minimum absolute atomic E-state index is 0.173. The van der Waals surface area contributed by atoms with Crippen molar-refractivity contribution in [3.8, 4) is 0 Å². The van der Waals surface area contributed by atoms with Crippen molar-refractivity contribution in [3.05, 3.63) is 93.2 Å². The van der Waals surface area contributed by atoms with Gasteiger partial charge in [-0.15, -0.1) is 11.3 Å². The summed E-state index contributed by atoms with van der Waals surface area (Å²) in [5.41, 5.74) is 5.17. The second-order valence-corrected chi connectivity index (χ2v) is 8.16. The molecular formula is C23H25N2OS+. The molecule has 27 heavy (non-hydrogen) atoms. The zero-order valence-corrected chi connectivity index (χ0v) is 16.4. The van der Waals surface area contributed by atoms with Crippen molar-refractivity contribution in [2.75, 3.05) is 13.1 Å². The third kappa shape index (κ3) is 4.12. The number of rotatable bonds is 5. The maximum absolute atomic E-state index is 12.9. The van der Waals surface area contributed by atoms with Crippen LogP contribution in [-0.4, -0.2) is 23.9 Å². The molecule has 4 heteroatoms. The van der Waals surface area contributed by atoms with Gasteiger partial charge in [-0.25, -0.2) is 0 Å². The van der Waals surface area contributed by atoms with Gasteiger partial charge in [-0.05, 0) is 35.9 Å². The first kappa shape index (κ1) is 18.0. The van der Waals surface area contributed by atoms with Crippen LogP contribution in [0.25, 0.3) is 0 Å². The molecule has 1 atom stereocenters. The van der Waals surface area contributed by atoms with Crippen LogP contribution in [0.5, 0.6) is 0 Å². The largest absolute Gasteiger partial charge is 0.333 e. The Morgan fingerprint density at radius 2 is 1.85 bits per heavy atom. The normalized spacial score (nSPS) is 14.6. The molecule has 4 rings (SSSR count). The van der Waals surface area contributed by atoms with E-state index in [1.807, 2.05) is 4.90 Å². The molecule has 3 nitrogen and oxygen atoms in total. The van der Waals surface area contributed by atoms with Crippen molar-refractivity contribution in [2.45, 2.75) is 25.9 Å². The van der Waals surface area contributed by atoms with Crippen molar-refractivity contribution in [2.24, 2.45) is 0 Å². The van der Waals surface area contributed by atoms with Gasteiger partial charge in [-0.3, -0.25) is 4.79 Å². The third-order valence-electron chi connectivity index (χ3n) is 5.30. The Hall–Kier alpha value is -2.43. The van der Waals surface area contributed by atoms with Gasteiger partial charge < -0.3 is 10.2 Å². The molecule has 3 aromatic rings. The van der Waals surface area contributed by atoms with Gasteiger partial charge in [0.15, 0.2) is 6.54 Å². The van der Waals surface area contributed by atoms with Crippen LogP contribution in [0.3, 0.4) is 0 Å². The number of fused-ring (bicyclic) bond motifs is 1. The number of aryl methyl sites for hydroxylation is 1. The first-order valence-corrected chi connectivity index (χ1v) is 10.4. The summed E-state index contributed by atoms with van der Waals surface area (Å²) in [7, 11) is 0. The summed E-state index contributed by atoms with van der Waals surface area (Å²) in [6, 6.07) is 21.5. The monoisotopic (exact) mass is 377 g/mol. The first-order valence-electron chi connectivity index (χ1n) is 9.48. The van der Waals surface area contributed by atoms with Gasteiger partial charge in [0.25, 0.3) is 5.91 Å². The van der Waals surface area contributed by atoms with E-state index in [0.29, 0.717) is 6.54 Å². The van der Waals surface area contributed by atoms with Gasteiger partial charge >= 0.3 is 0 Å². The highest BCUT2D eigenvalue weighted by atomic mass is 32.1. The van der Waals surface area contributed by atoms with Crippen LogP contribution in [0.2, 0.25) is 0 Å². The van der Waals surface area contributed by atoms with E-state index in [1.165, 1.54) is 27.1 Å². The molecule has 1 aliphatic heterocycles. The number of hydrogen-bond acceptors (Lipinski definition) is 2. The van der Waals surface area contributed by atoms with E-state index < -0.39 is 0 Å². The number of nitrogens with two attached hydrogens (primary N) is 1. The van der Waals surface area contributed by atoms with Gasteiger partial charge in [-0.2, -0.15) is 0 Å². The van der Waals surface area contributed by atoms with Crippen LogP contribution < -0.4 is 5.32 Å². The number of amides is 1. The van der Waals surface area contributed by atoms with Gasteiger partial charge in [0, 0.05) is 18.7 Å². The standard InChI is InChI=1S/C23H24N2OS/c1-17-8-10-19(11-9-17)23(21-7-4-14-27-21)24-15-22(26)25-13-12-18-5-2-3-6-20(18)16-25/h2-11,14,23-24H,12-13,15-16H2,1H3/p+1/t23-/m1/s1. The van der Waals surface area contributed by atoms with E-state index in [-0.39, 0.29) is 11.9 Å². The third-order valence-corrected chi connectivity index (χ3v) is 6.25. The molecule has 0 bridgehead atoms. The second kappa shape index (κ2) is 8.07. The van der Waals surface area contributed by atoms with Crippen LogP contribution in [0.1, 0.15) is 33.2 Å². The van der Waals surface area contributed by atoms with Gasteiger partial charge in [0.2, 0.25) is 0 Å². The highest BCUT2D eigenvalue weighted by Gasteiger charge is 2.24. The summed E-state index contributed by atoms with van der Waals surface area (Å²) in [6.45, 7) is 4.12. The van der Waals surface area contributed by atoms with Gasteiger partial charge in [-0.1, -0.05) is 60.2 Å². The fraction of sp³-hybridized carbons (Fsp3) is 0.261. The molecule has 0 saturated heterocycles. The molecule has 1 amide bonds. The summed E-state index contributed by atoms with van der Waals surface area (Å²) in [5.74, 6) is 0.221. The minimum atomic E-state index is 0.173. The predicted octanol–water partition coefficient (Wildman–Crippen LogP) is 3.29. The van der Waals surface area contributed by atoms with Crippen molar-refractivity contribution < 1.29 is 10.1 Å². The SMILES string of the molecule is Cc1ccc([C@@H]([NH2+]CC(=O)N2CCc3ccccc3C2)c2cccs2)cc1. The fourth-order valence-electron chi connectivity index (χ4n) is 3.71. The number of quaternary nitrogens is 1. The Bertz CT molecular complexity index is 902. The van der Waals surface area contributed by atoms with E-state index in [4.69, 9.17) is 0 Å². The Kier molecular flexibility index (Phi) is 5.37. The van der Waals surface area contributed by atoms with Crippen LogP contribution in [0.15, 0.2) is 66.0 Å². The lowest BCUT2D eigenvalue weighted by Crippen LogP contribution is -2.87. The van der Waals surface area contributed by atoms with Crippen LogP contribution in [0.4, 0.5) is 0 Å². The molecule has 2 heterocycles. The predicted molar refractivity (Wildman–Crippen MR) is 110 cm³/mol. The number of carbonyl (C=O) groups excluding carboxylic acids is 1. The summed E-state index contributed by atoms with van der Waals surface area (Å²) in [6.07, 6.45) is 0.953. The average molecular weight is 378 g/mol. The van der Waals surface area contributed by atoms with E-state index in [2.05, 4.69) is 78.3 Å². The zero-order chi connectivity index (χ0) is 18.6. The highest BCUT2D eigenvalue weighted by molar-refractivity contribution is 7.10. The molecule has 0 radical (unpaired) electrons. The summed E-state index contributed by atoms with van der Waals surface area (Å²) in [4.78, 5) is 16.2. The van der Waals surface area contributed by atoms with Crippen LogP contribution >= 0.6 is 11.3 Å². The lowest BCUT2D eigenvalue weighted by atomic mass is 10.00. The van der Waals surface area contributed by atoms with Crippen molar-refractivity contribution in [1.82, 2.24) is 4.90 Å². The molecule has 0 unspecified atom stereocenters. The van der Waals surface area contributed by atoms with Crippen molar-refractivity contribution >= 4 is 17.2 Å². The van der Waals surface area contributed by atoms with E-state index in [9.17, 15) is 4.79 Å². The smallest absolute Gasteiger partial charge is 0.278 e. The quantitative estimate of drug-likeness (QED) is 0.728. The van der Waals surface area contributed by atoms with Crippen LogP contribution in [-0.2, 0) is 17.8 Å². The molecule has 0 saturated carbocycles. The van der Waals surface area contributed by atoms with Crippen LogP contribution in [0, 0.1) is 6.92 Å². The van der Waals surface area contributed by atoms with E-state index in [1.54, 1.807) is 11.3 Å². The van der Waals surface area contributed by atoms with Gasteiger partial charge in [0.1, 0.15) is 6.04 Å². The number of carbonyl (C=O) groups is 1. The fourth-order valence-corrected chi connectivity index (χ4v) is 4.57. The highest BCUT2D eigenvalue weighted by Crippen LogP contribution is 2.23. The molecule has 2 N–H and O–H groups in total. The Balaban J connectivity index is 1.45. The van der Waals surface area contributed by atoms with E-state index >= 15 is 0 Å². The molecule has 1 aliphatic rings. The topological polar surface area (TPSA) is 36.9 Å². The summed E-state index contributed by atoms with van der Waals surface area (Å²) in [5, 5.41) is 4.28. The Labute approximate surface area is 164 Å². The Morgan fingerprint density at radius 3 is 2.59 bits per heavy atom. The number of benzene rings is 2. The maximum atomic E-state index is 12.9. The summed E-state index contributed by atoms with van der Waals surface area (Å²) < 4.78 is 0. The van der Waals surface area contributed by atoms with Crippen molar-refractivity contribution in [1.29, 1.82) is 0 Å². The summed E-state index contributed by atoms with van der Waals surface area (Å²) >= 11 is 1.75. The maximum Gasteiger partial charge on any atom is 0.278 e. The average Bonchev–Trinajstić information content (AvgIpc) is 3.23. The lowest BCUT2D eigenvalue weighted by Gasteiger charge is -2.28. The van der Waals surface area contributed by atoms with Crippen molar-refractivity contribution in [3.63, 3.8) is 0 Å². The zero-order valence-electron chi connectivity index (χ0n) is 15.6. The molecule has 138 valence electrons. The second-order valence-electron chi connectivity index (χ2n) is 7.18. The number of hydrogen-bond donors (Lipinski definition) is 1. The van der Waals surface area contributed by atoms with E-state index in [0.717, 1.165) is 19.5 Å². The minimum Gasteiger partial charge on any atom is -0.333 e. The number of nitrogens with zero attached hydrogens (tertiary/aromatic N) is 1. The molecule has 0 aliphatic carbocycles. The molecule has 2 aromatic carbocycles. The molecule has 0 spiro atoms. The lowest BCUT2D eigenvalue weighted by molar-refractivity contribution is -0.676. The van der Waals surface area contributed by atoms with Gasteiger partial charge in [0.05, 0.1) is 4.88 Å². The first-order chi connectivity index (χ1) is 13.2. The molecule has 0 fully saturated rings. The molecule has 1 aromatic heterocycles.